The molecule has 0 fully saturated rings. The molecule has 0 bridgehead atoms. The lowest BCUT2D eigenvalue weighted by atomic mass is 10.1. The van der Waals surface area contributed by atoms with Crippen LogP contribution in [0.3, 0.4) is 0 Å². The molecule has 106 valence electrons. The van der Waals surface area contributed by atoms with E-state index in [0.717, 1.165) is 10.7 Å². The molecule has 0 saturated carbocycles. The molecule has 5 heteroatoms. The SMILES string of the molecule is Cc1ccccc1CN(C)C(=O)Cc1nc(CCl)cs1. The van der Waals surface area contributed by atoms with Crippen LogP contribution in [-0.4, -0.2) is 22.8 Å². The molecule has 0 aliphatic heterocycles. The van der Waals surface area contributed by atoms with Gasteiger partial charge >= 0.3 is 0 Å². The minimum atomic E-state index is 0.0729. The van der Waals surface area contributed by atoms with Crippen LogP contribution in [0.1, 0.15) is 21.8 Å². The lowest BCUT2D eigenvalue weighted by Gasteiger charge is -2.18. The molecule has 1 amide bonds. The molecule has 2 rings (SSSR count). The van der Waals surface area contributed by atoms with Crippen LogP contribution in [0.4, 0.5) is 0 Å². The molecule has 0 atom stereocenters. The van der Waals surface area contributed by atoms with Gasteiger partial charge in [-0.2, -0.15) is 0 Å². The standard InChI is InChI=1S/C15H17ClN2OS/c1-11-5-3-4-6-12(11)9-18(2)15(19)7-14-17-13(8-16)10-20-14/h3-6,10H,7-9H2,1-2H3. The lowest BCUT2D eigenvalue weighted by molar-refractivity contribution is -0.129. The Hall–Kier alpha value is -1.39. The van der Waals surface area contributed by atoms with Gasteiger partial charge in [-0.25, -0.2) is 4.98 Å². The zero-order valence-electron chi connectivity index (χ0n) is 11.6. The monoisotopic (exact) mass is 308 g/mol. The van der Waals surface area contributed by atoms with Crippen molar-refractivity contribution in [1.29, 1.82) is 0 Å². The Labute approximate surface area is 128 Å². The van der Waals surface area contributed by atoms with Crippen molar-refractivity contribution in [3.63, 3.8) is 0 Å². The number of carbonyl (C=O) groups is 1. The van der Waals surface area contributed by atoms with Gasteiger partial charge in [0.05, 0.1) is 18.0 Å². The maximum absolute atomic E-state index is 12.2. The molecule has 3 nitrogen and oxygen atoms in total. The fourth-order valence-corrected chi connectivity index (χ4v) is 2.90. The minimum Gasteiger partial charge on any atom is -0.341 e. The van der Waals surface area contributed by atoms with Gasteiger partial charge in [0.15, 0.2) is 0 Å². The first kappa shape index (κ1) is 15.0. The van der Waals surface area contributed by atoms with E-state index in [0.29, 0.717) is 18.8 Å². The summed E-state index contributed by atoms with van der Waals surface area (Å²) in [5.41, 5.74) is 3.20. The number of thiazole rings is 1. The number of aryl methyl sites for hydroxylation is 1. The van der Waals surface area contributed by atoms with Crippen molar-refractivity contribution in [2.24, 2.45) is 0 Å². The first-order valence-corrected chi connectivity index (χ1v) is 7.79. The fourth-order valence-electron chi connectivity index (χ4n) is 1.89. The summed E-state index contributed by atoms with van der Waals surface area (Å²) in [5, 5.41) is 2.72. The quantitative estimate of drug-likeness (QED) is 0.793. The zero-order chi connectivity index (χ0) is 14.5. The summed E-state index contributed by atoms with van der Waals surface area (Å²) in [7, 11) is 1.82. The molecule has 1 aromatic carbocycles. The van der Waals surface area contributed by atoms with Crippen LogP contribution in [0.2, 0.25) is 0 Å². The van der Waals surface area contributed by atoms with Crippen LogP contribution in [0, 0.1) is 6.92 Å². The van der Waals surface area contributed by atoms with Crippen LogP contribution in [0.15, 0.2) is 29.6 Å². The highest BCUT2D eigenvalue weighted by Crippen LogP contribution is 2.14. The molecule has 0 radical (unpaired) electrons. The van der Waals surface area contributed by atoms with E-state index in [-0.39, 0.29) is 5.91 Å². The number of benzene rings is 1. The van der Waals surface area contributed by atoms with Gasteiger partial charge in [-0.1, -0.05) is 24.3 Å². The molecule has 0 N–H and O–H groups in total. The second kappa shape index (κ2) is 6.86. The predicted octanol–water partition coefficient (Wildman–Crippen LogP) is 3.39. The van der Waals surface area contributed by atoms with Crippen molar-refractivity contribution >= 4 is 28.8 Å². The average Bonchev–Trinajstić information content (AvgIpc) is 2.89. The Morgan fingerprint density at radius 1 is 1.40 bits per heavy atom. The van der Waals surface area contributed by atoms with E-state index in [9.17, 15) is 4.79 Å². The summed E-state index contributed by atoms with van der Waals surface area (Å²) in [6.07, 6.45) is 0.337. The van der Waals surface area contributed by atoms with E-state index in [1.807, 2.05) is 30.6 Å². The molecule has 0 aliphatic carbocycles. The Balaban J connectivity index is 1.97. The van der Waals surface area contributed by atoms with Crippen LogP contribution >= 0.6 is 22.9 Å². The number of hydrogen-bond donors (Lipinski definition) is 0. The zero-order valence-corrected chi connectivity index (χ0v) is 13.2. The van der Waals surface area contributed by atoms with E-state index in [1.54, 1.807) is 4.90 Å². The first-order valence-electron chi connectivity index (χ1n) is 6.38. The Morgan fingerprint density at radius 2 is 2.15 bits per heavy atom. The van der Waals surface area contributed by atoms with E-state index in [2.05, 4.69) is 18.0 Å². The number of nitrogens with zero attached hydrogens (tertiary/aromatic N) is 2. The maximum atomic E-state index is 12.2. The number of aromatic nitrogens is 1. The second-order valence-electron chi connectivity index (χ2n) is 4.72. The smallest absolute Gasteiger partial charge is 0.229 e. The van der Waals surface area contributed by atoms with E-state index >= 15 is 0 Å². The summed E-state index contributed by atoms with van der Waals surface area (Å²) in [6, 6.07) is 8.10. The molecule has 0 aliphatic rings. The number of halogens is 1. The average molecular weight is 309 g/mol. The number of likely N-dealkylation sites (N-methyl/N-ethyl adjacent to an activating group) is 1. The molecule has 2 aromatic rings. The predicted molar refractivity (Wildman–Crippen MR) is 83.0 cm³/mol. The van der Waals surface area contributed by atoms with Crippen molar-refractivity contribution in [3.8, 4) is 0 Å². The number of hydrogen-bond acceptors (Lipinski definition) is 3. The molecule has 0 spiro atoms. The number of rotatable bonds is 5. The third-order valence-corrected chi connectivity index (χ3v) is 4.30. The molecular formula is C15H17ClN2OS. The summed E-state index contributed by atoms with van der Waals surface area (Å²) < 4.78 is 0. The molecular weight excluding hydrogens is 292 g/mol. The van der Waals surface area contributed by atoms with Gasteiger partial charge in [0.1, 0.15) is 5.01 Å². The van der Waals surface area contributed by atoms with Gasteiger partial charge in [-0.05, 0) is 18.1 Å². The summed E-state index contributed by atoms with van der Waals surface area (Å²) in [5.74, 6) is 0.465. The van der Waals surface area contributed by atoms with Crippen LogP contribution < -0.4 is 0 Å². The Kier molecular flexibility index (Phi) is 5.15. The molecule has 1 aromatic heterocycles. The highest BCUT2D eigenvalue weighted by molar-refractivity contribution is 7.09. The van der Waals surface area contributed by atoms with E-state index < -0.39 is 0 Å². The lowest BCUT2D eigenvalue weighted by Crippen LogP contribution is -2.28. The highest BCUT2D eigenvalue weighted by atomic mass is 35.5. The number of carbonyl (C=O) groups excluding carboxylic acids is 1. The normalized spacial score (nSPS) is 10.6. The Morgan fingerprint density at radius 3 is 2.80 bits per heavy atom. The van der Waals surface area contributed by atoms with Gasteiger partial charge in [0.2, 0.25) is 5.91 Å². The van der Waals surface area contributed by atoms with Gasteiger partial charge in [0, 0.05) is 19.0 Å². The van der Waals surface area contributed by atoms with Crippen LogP contribution in [0.25, 0.3) is 0 Å². The van der Waals surface area contributed by atoms with Crippen molar-refractivity contribution < 1.29 is 4.79 Å². The molecule has 0 unspecified atom stereocenters. The van der Waals surface area contributed by atoms with Gasteiger partial charge in [-0.3, -0.25) is 4.79 Å². The Bertz CT molecular complexity index is 597. The van der Waals surface area contributed by atoms with Crippen LogP contribution in [-0.2, 0) is 23.6 Å². The van der Waals surface area contributed by atoms with Crippen LogP contribution in [0.5, 0.6) is 0 Å². The minimum absolute atomic E-state index is 0.0729. The third kappa shape index (κ3) is 3.81. The van der Waals surface area contributed by atoms with E-state index in [1.165, 1.54) is 22.5 Å². The summed E-state index contributed by atoms with van der Waals surface area (Å²) in [6.45, 7) is 2.68. The van der Waals surface area contributed by atoms with Crippen molar-refractivity contribution in [2.75, 3.05) is 7.05 Å². The topological polar surface area (TPSA) is 33.2 Å². The summed E-state index contributed by atoms with van der Waals surface area (Å²) in [4.78, 5) is 18.2. The number of amides is 1. The van der Waals surface area contributed by atoms with Gasteiger partial charge in [-0.15, -0.1) is 22.9 Å². The molecule has 20 heavy (non-hydrogen) atoms. The maximum Gasteiger partial charge on any atom is 0.229 e. The first-order chi connectivity index (χ1) is 9.60. The number of alkyl halides is 1. The largest absolute Gasteiger partial charge is 0.341 e. The van der Waals surface area contributed by atoms with Gasteiger partial charge in [0.25, 0.3) is 0 Å². The van der Waals surface area contributed by atoms with Crippen molar-refractivity contribution in [2.45, 2.75) is 25.8 Å². The summed E-state index contributed by atoms with van der Waals surface area (Å²) >= 11 is 7.20. The second-order valence-corrected chi connectivity index (χ2v) is 5.93. The third-order valence-electron chi connectivity index (χ3n) is 3.13. The fraction of sp³-hybridized carbons (Fsp3) is 0.333. The molecule has 0 saturated heterocycles. The van der Waals surface area contributed by atoms with Crippen molar-refractivity contribution in [3.05, 3.63) is 51.5 Å². The van der Waals surface area contributed by atoms with Crippen molar-refractivity contribution in [1.82, 2.24) is 9.88 Å². The highest BCUT2D eigenvalue weighted by Gasteiger charge is 2.13. The van der Waals surface area contributed by atoms with E-state index in [4.69, 9.17) is 11.6 Å². The molecule has 1 heterocycles. The van der Waals surface area contributed by atoms with Gasteiger partial charge < -0.3 is 4.90 Å².